The summed E-state index contributed by atoms with van der Waals surface area (Å²) < 4.78 is 23.6. The number of hydrogen-bond acceptors (Lipinski definition) is 8. The molecule has 222 valence electrons. The highest BCUT2D eigenvalue weighted by Crippen LogP contribution is 2.39. The Morgan fingerprint density at radius 2 is 1.76 bits per heavy atom. The summed E-state index contributed by atoms with van der Waals surface area (Å²) in [5.41, 5.74) is 3.07. The van der Waals surface area contributed by atoms with Crippen molar-refractivity contribution in [3.8, 4) is 0 Å². The molecule has 9 heteroatoms. The molecule has 9 nitrogen and oxygen atoms in total. The Bertz CT molecular complexity index is 1160. The number of nitrogens with zero attached hydrogens (tertiary/aromatic N) is 1. The zero-order valence-corrected chi connectivity index (χ0v) is 24.2. The van der Waals surface area contributed by atoms with Crippen LogP contribution in [0.2, 0.25) is 0 Å². The number of carbonyl (C=O) groups is 2. The van der Waals surface area contributed by atoms with E-state index in [-0.39, 0.29) is 37.4 Å². The van der Waals surface area contributed by atoms with Crippen LogP contribution in [0.15, 0.2) is 61.2 Å². The monoisotopic (exact) mass is 566 g/mol. The molecule has 0 aromatic heterocycles. The lowest BCUT2D eigenvalue weighted by Crippen LogP contribution is -2.45. The van der Waals surface area contributed by atoms with Crippen molar-refractivity contribution in [3.05, 3.63) is 83.4 Å². The van der Waals surface area contributed by atoms with Crippen molar-refractivity contribution >= 4 is 12.1 Å². The predicted molar refractivity (Wildman–Crippen MR) is 154 cm³/mol. The van der Waals surface area contributed by atoms with Gasteiger partial charge in [-0.2, -0.15) is 0 Å². The third-order valence-electron chi connectivity index (χ3n) is 7.12. The maximum atomic E-state index is 12.9. The van der Waals surface area contributed by atoms with Crippen molar-refractivity contribution in [2.24, 2.45) is 0 Å². The van der Waals surface area contributed by atoms with Crippen molar-refractivity contribution in [2.45, 2.75) is 83.3 Å². The maximum Gasteiger partial charge on any atom is 0.407 e. The summed E-state index contributed by atoms with van der Waals surface area (Å²) in [4.78, 5) is 26.9. The molecule has 4 rings (SSSR count). The number of nitrogens with one attached hydrogen (secondary N) is 1. The van der Waals surface area contributed by atoms with Gasteiger partial charge in [-0.3, -0.25) is 9.69 Å². The molecule has 0 aliphatic carbocycles. The molecular weight excluding hydrogens is 524 g/mol. The van der Waals surface area contributed by atoms with Gasteiger partial charge in [0.2, 0.25) is 0 Å². The van der Waals surface area contributed by atoms with Gasteiger partial charge in [0.1, 0.15) is 18.2 Å². The molecule has 2 fully saturated rings. The Kier molecular flexibility index (Phi) is 10.6. The number of rotatable bonds is 10. The van der Waals surface area contributed by atoms with E-state index in [0.717, 1.165) is 41.6 Å². The second kappa shape index (κ2) is 14.1. The van der Waals surface area contributed by atoms with Gasteiger partial charge in [-0.1, -0.05) is 61.2 Å². The van der Waals surface area contributed by atoms with Gasteiger partial charge >= 0.3 is 12.1 Å². The van der Waals surface area contributed by atoms with Crippen molar-refractivity contribution in [1.82, 2.24) is 10.2 Å². The molecule has 2 heterocycles. The summed E-state index contributed by atoms with van der Waals surface area (Å²) in [5.74, 6) is -0.188. The normalized spacial score (nSPS) is 23.1. The standard InChI is InChI=1S/C32H42N2O7/c1-5-17-38-31(37)33-19-22-8-14-25(15-9-22)30-39-26(18-28(40-30)24-12-10-23(21-35)11-13-24)20-34-16-6-7-27(34)29(36)41-32(2,3)4/h5,8-15,26-28,30,35H,1,6-7,16-21H2,2-4H3,(H,33,37)/t26-,27-,28+,30+/m0/s1. The fourth-order valence-corrected chi connectivity index (χ4v) is 5.13. The van der Waals surface area contributed by atoms with Gasteiger partial charge in [0.15, 0.2) is 6.29 Å². The summed E-state index contributed by atoms with van der Waals surface area (Å²) in [6.45, 7) is 11.1. The lowest BCUT2D eigenvalue weighted by molar-refractivity contribution is -0.253. The van der Waals surface area contributed by atoms with Crippen LogP contribution in [0.1, 0.15) is 74.7 Å². The van der Waals surface area contributed by atoms with Gasteiger partial charge in [-0.05, 0) is 56.8 Å². The minimum atomic E-state index is -0.613. The fourth-order valence-electron chi connectivity index (χ4n) is 5.13. The molecule has 1 amide bonds. The molecule has 0 bridgehead atoms. The van der Waals surface area contributed by atoms with Crippen LogP contribution in [0.4, 0.5) is 4.79 Å². The number of carbonyl (C=O) groups excluding carboxylic acids is 2. The number of alkyl carbamates (subject to hydrolysis) is 1. The second-order valence-corrected chi connectivity index (χ2v) is 11.5. The smallest absolute Gasteiger partial charge is 0.407 e. The van der Waals surface area contributed by atoms with Gasteiger partial charge < -0.3 is 29.4 Å². The molecular formula is C32H42N2O7. The quantitative estimate of drug-likeness (QED) is 0.308. The molecule has 0 radical (unpaired) electrons. The van der Waals surface area contributed by atoms with Crippen LogP contribution < -0.4 is 5.32 Å². The van der Waals surface area contributed by atoms with E-state index in [0.29, 0.717) is 19.5 Å². The van der Waals surface area contributed by atoms with Crippen LogP contribution in [-0.2, 0) is 36.9 Å². The number of hydrogen-bond donors (Lipinski definition) is 2. The van der Waals surface area contributed by atoms with Crippen molar-refractivity contribution in [1.29, 1.82) is 0 Å². The molecule has 2 N–H and O–H groups in total. The number of aliphatic hydroxyl groups is 1. The molecule has 2 aromatic rings. The molecule has 2 saturated heterocycles. The second-order valence-electron chi connectivity index (χ2n) is 11.5. The first-order chi connectivity index (χ1) is 19.6. The van der Waals surface area contributed by atoms with Crippen LogP contribution in [0.25, 0.3) is 0 Å². The number of benzene rings is 2. The van der Waals surface area contributed by atoms with E-state index >= 15 is 0 Å². The number of aliphatic hydroxyl groups excluding tert-OH is 1. The Morgan fingerprint density at radius 3 is 2.41 bits per heavy atom. The van der Waals surface area contributed by atoms with Crippen LogP contribution in [-0.4, -0.2) is 59.5 Å². The van der Waals surface area contributed by atoms with Crippen LogP contribution >= 0.6 is 0 Å². The van der Waals surface area contributed by atoms with Crippen molar-refractivity contribution in [2.75, 3.05) is 19.7 Å². The highest BCUT2D eigenvalue weighted by Gasteiger charge is 2.38. The molecule has 0 spiro atoms. The lowest BCUT2D eigenvalue weighted by Gasteiger charge is -2.38. The molecule has 41 heavy (non-hydrogen) atoms. The fraction of sp³-hybridized carbons (Fsp3) is 0.500. The zero-order valence-electron chi connectivity index (χ0n) is 24.2. The largest absolute Gasteiger partial charge is 0.459 e. The third-order valence-corrected chi connectivity index (χ3v) is 7.12. The predicted octanol–water partition coefficient (Wildman–Crippen LogP) is 4.94. The molecule has 0 unspecified atom stereocenters. The summed E-state index contributed by atoms with van der Waals surface area (Å²) >= 11 is 0. The van der Waals surface area contributed by atoms with E-state index in [1.54, 1.807) is 0 Å². The third kappa shape index (κ3) is 8.87. The summed E-state index contributed by atoms with van der Waals surface area (Å²) in [5, 5.41) is 12.2. The van der Waals surface area contributed by atoms with Gasteiger partial charge in [0.25, 0.3) is 0 Å². The number of likely N-dealkylation sites (tertiary alicyclic amines) is 1. The van der Waals surface area contributed by atoms with Crippen LogP contribution in [0, 0.1) is 0 Å². The molecule has 2 aromatic carbocycles. The highest BCUT2D eigenvalue weighted by molar-refractivity contribution is 5.76. The molecule has 4 atom stereocenters. The Morgan fingerprint density at radius 1 is 1.07 bits per heavy atom. The topological polar surface area (TPSA) is 107 Å². The maximum absolute atomic E-state index is 12.9. The highest BCUT2D eigenvalue weighted by atomic mass is 16.7. The minimum Gasteiger partial charge on any atom is -0.459 e. The van der Waals surface area contributed by atoms with Crippen molar-refractivity contribution < 1.29 is 33.6 Å². The molecule has 2 aliphatic heterocycles. The Hall–Kier alpha value is -3.24. The average Bonchev–Trinajstić information content (AvgIpc) is 3.42. The Balaban J connectivity index is 1.47. The SMILES string of the molecule is C=CCOC(=O)NCc1ccc([C@@H]2O[C@H](CN3CCC[C@H]3C(=O)OC(C)(C)C)C[C@H](c3ccc(CO)cc3)O2)cc1. The van der Waals surface area contributed by atoms with Crippen molar-refractivity contribution in [3.63, 3.8) is 0 Å². The van der Waals surface area contributed by atoms with Crippen LogP contribution in [0.5, 0.6) is 0 Å². The summed E-state index contributed by atoms with van der Waals surface area (Å²) in [7, 11) is 0. The first-order valence-corrected chi connectivity index (χ1v) is 14.2. The summed E-state index contributed by atoms with van der Waals surface area (Å²) in [6.07, 6.45) is 2.32. The zero-order chi connectivity index (χ0) is 29.4. The first-order valence-electron chi connectivity index (χ1n) is 14.2. The lowest BCUT2D eigenvalue weighted by atomic mass is 9.99. The van der Waals surface area contributed by atoms with Crippen LogP contribution in [0.3, 0.4) is 0 Å². The summed E-state index contributed by atoms with van der Waals surface area (Å²) in [6, 6.07) is 15.2. The van der Waals surface area contributed by atoms with E-state index in [1.807, 2.05) is 69.3 Å². The number of esters is 1. The van der Waals surface area contributed by atoms with E-state index in [4.69, 9.17) is 18.9 Å². The Labute approximate surface area is 242 Å². The van der Waals surface area contributed by atoms with Gasteiger partial charge in [0, 0.05) is 25.1 Å². The number of amides is 1. The van der Waals surface area contributed by atoms with E-state index < -0.39 is 18.0 Å². The van der Waals surface area contributed by atoms with Gasteiger partial charge in [-0.15, -0.1) is 0 Å². The first kappa shape index (κ1) is 30.7. The number of ether oxygens (including phenoxy) is 4. The van der Waals surface area contributed by atoms with Gasteiger partial charge in [0.05, 0.1) is 18.8 Å². The molecule has 2 aliphatic rings. The van der Waals surface area contributed by atoms with Gasteiger partial charge in [-0.25, -0.2) is 4.79 Å². The van der Waals surface area contributed by atoms with E-state index in [9.17, 15) is 14.7 Å². The minimum absolute atomic E-state index is 0.0195. The molecule has 0 saturated carbocycles. The van der Waals surface area contributed by atoms with E-state index in [1.165, 1.54) is 6.08 Å². The average molecular weight is 567 g/mol. The van der Waals surface area contributed by atoms with E-state index in [2.05, 4.69) is 16.8 Å².